The first-order valence-corrected chi connectivity index (χ1v) is 7.10. The van der Waals surface area contributed by atoms with E-state index in [0.29, 0.717) is 17.4 Å². The Morgan fingerprint density at radius 1 is 1.33 bits per heavy atom. The number of aryl methyl sites for hydroxylation is 1. The van der Waals surface area contributed by atoms with Crippen molar-refractivity contribution in [2.24, 2.45) is 0 Å². The molecule has 0 amide bonds. The topological polar surface area (TPSA) is 45.4 Å². The fraction of sp³-hybridized carbons (Fsp3) is 0.385. The van der Waals surface area contributed by atoms with Crippen molar-refractivity contribution in [2.45, 2.75) is 26.0 Å². The second kappa shape index (κ2) is 6.38. The standard InChI is InChI=1S/C13H16ClNO2S/c1-2-9-3-4-10(17-9)7-15-8-11(16)12-5-6-13(14)18-12/h3-6,11,15-16H,2,7-8H2,1H3. The van der Waals surface area contributed by atoms with Crippen molar-refractivity contribution in [2.75, 3.05) is 6.54 Å². The molecular formula is C13H16ClNO2S. The predicted octanol–water partition coefficient (Wildman–Crippen LogP) is 3.38. The highest BCUT2D eigenvalue weighted by Gasteiger charge is 2.10. The van der Waals surface area contributed by atoms with E-state index in [9.17, 15) is 5.11 Å². The summed E-state index contributed by atoms with van der Waals surface area (Å²) in [4.78, 5) is 0.876. The summed E-state index contributed by atoms with van der Waals surface area (Å²) >= 11 is 7.23. The van der Waals surface area contributed by atoms with Gasteiger partial charge in [0.2, 0.25) is 0 Å². The zero-order valence-corrected chi connectivity index (χ0v) is 11.7. The number of furan rings is 1. The molecular weight excluding hydrogens is 270 g/mol. The Balaban J connectivity index is 1.78. The van der Waals surface area contributed by atoms with Crippen LogP contribution in [0.4, 0.5) is 0 Å². The lowest BCUT2D eigenvalue weighted by molar-refractivity contribution is 0.177. The number of halogens is 1. The molecule has 18 heavy (non-hydrogen) atoms. The zero-order valence-electron chi connectivity index (χ0n) is 10.1. The minimum Gasteiger partial charge on any atom is -0.465 e. The first-order valence-electron chi connectivity index (χ1n) is 5.90. The minimum atomic E-state index is -0.525. The summed E-state index contributed by atoms with van der Waals surface area (Å²) in [7, 11) is 0. The number of rotatable bonds is 6. The first kappa shape index (κ1) is 13.6. The van der Waals surface area contributed by atoms with Gasteiger partial charge in [0.1, 0.15) is 17.6 Å². The molecule has 0 saturated heterocycles. The van der Waals surface area contributed by atoms with E-state index in [-0.39, 0.29) is 0 Å². The Kier molecular flexibility index (Phi) is 4.83. The van der Waals surface area contributed by atoms with Gasteiger partial charge in [-0.3, -0.25) is 0 Å². The highest BCUT2D eigenvalue weighted by atomic mass is 35.5. The predicted molar refractivity (Wildman–Crippen MR) is 74.1 cm³/mol. The Bertz CT molecular complexity index is 495. The molecule has 0 fully saturated rings. The summed E-state index contributed by atoms with van der Waals surface area (Å²) in [5.41, 5.74) is 0. The fourth-order valence-corrected chi connectivity index (χ4v) is 2.69. The van der Waals surface area contributed by atoms with Gasteiger partial charge in [0.05, 0.1) is 10.9 Å². The van der Waals surface area contributed by atoms with Gasteiger partial charge in [-0.1, -0.05) is 18.5 Å². The summed E-state index contributed by atoms with van der Waals surface area (Å²) in [5.74, 6) is 1.88. The van der Waals surface area contributed by atoms with Crippen LogP contribution >= 0.6 is 22.9 Å². The molecule has 0 radical (unpaired) electrons. The largest absolute Gasteiger partial charge is 0.465 e. The number of aliphatic hydroxyl groups is 1. The van der Waals surface area contributed by atoms with Crippen molar-refractivity contribution < 1.29 is 9.52 Å². The van der Waals surface area contributed by atoms with Crippen molar-refractivity contribution in [3.63, 3.8) is 0 Å². The summed E-state index contributed by atoms with van der Waals surface area (Å²) in [6.07, 6.45) is 0.374. The van der Waals surface area contributed by atoms with Crippen LogP contribution in [0.2, 0.25) is 4.34 Å². The lowest BCUT2D eigenvalue weighted by atomic mass is 10.3. The van der Waals surface area contributed by atoms with Gasteiger partial charge in [0, 0.05) is 17.8 Å². The molecule has 0 bridgehead atoms. The molecule has 2 heterocycles. The highest BCUT2D eigenvalue weighted by Crippen LogP contribution is 2.26. The minimum absolute atomic E-state index is 0.485. The maximum absolute atomic E-state index is 9.92. The van der Waals surface area contributed by atoms with Crippen LogP contribution in [0.15, 0.2) is 28.7 Å². The lowest BCUT2D eigenvalue weighted by Crippen LogP contribution is -2.20. The van der Waals surface area contributed by atoms with Crippen molar-refractivity contribution in [3.8, 4) is 0 Å². The first-order chi connectivity index (χ1) is 8.69. The van der Waals surface area contributed by atoms with E-state index in [0.717, 1.165) is 22.8 Å². The van der Waals surface area contributed by atoms with Gasteiger partial charge in [-0.25, -0.2) is 0 Å². The van der Waals surface area contributed by atoms with Crippen LogP contribution in [0.3, 0.4) is 0 Å². The molecule has 98 valence electrons. The normalized spacial score (nSPS) is 12.8. The number of hydrogen-bond donors (Lipinski definition) is 2. The Morgan fingerprint density at radius 3 is 2.72 bits per heavy atom. The third-order valence-electron chi connectivity index (χ3n) is 2.63. The summed E-state index contributed by atoms with van der Waals surface area (Å²) in [6, 6.07) is 7.58. The number of hydrogen-bond acceptors (Lipinski definition) is 4. The monoisotopic (exact) mass is 285 g/mol. The molecule has 0 aromatic carbocycles. The van der Waals surface area contributed by atoms with E-state index in [1.54, 1.807) is 6.07 Å². The van der Waals surface area contributed by atoms with Crippen molar-refractivity contribution in [1.29, 1.82) is 0 Å². The average molecular weight is 286 g/mol. The highest BCUT2D eigenvalue weighted by molar-refractivity contribution is 7.16. The van der Waals surface area contributed by atoms with Crippen LogP contribution in [0.1, 0.15) is 29.4 Å². The van der Waals surface area contributed by atoms with Crippen LogP contribution in [0, 0.1) is 0 Å². The molecule has 0 saturated carbocycles. The Morgan fingerprint density at radius 2 is 2.11 bits per heavy atom. The molecule has 2 N–H and O–H groups in total. The van der Waals surface area contributed by atoms with Crippen molar-refractivity contribution >= 4 is 22.9 Å². The maximum Gasteiger partial charge on any atom is 0.117 e. The SMILES string of the molecule is CCc1ccc(CNCC(O)c2ccc(Cl)s2)o1. The quantitative estimate of drug-likeness (QED) is 0.855. The van der Waals surface area contributed by atoms with Crippen molar-refractivity contribution in [3.05, 3.63) is 45.0 Å². The van der Waals surface area contributed by atoms with Gasteiger partial charge in [-0.2, -0.15) is 0 Å². The third-order valence-corrected chi connectivity index (χ3v) is 3.96. The van der Waals surface area contributed by atoms with Gasteiger partial charge in [0.25, 0.3) is 0 Å². The van der Waals surface area contributed by atoms with E-state index in [4.69, 9.17) is 16.0 Å². The van der Waals surface area contributed by atoms with Gasteiger partial charge in [0.15, 0.2) is 0 Å². The number of nitrogens with one attached hydrogen (secondary N) is 1. The van der Waals surface area contributed by atoms with Gasteiger partial charge >= 0.3 is 0 Å². The molecule has 0 aliphatic rings. The van der Waals surface area contributed by atoms with Gasteiger partial charge < -0.3 is 14.8 Å². The molecule has 5 heteroatoms. The second-order valence-corrected chi connectivity index (χ2v) is 5.76. The van der Waals surface area contributed by atoms with E-state index >= 15 is 0 Å². The van der Waals surface area contributed by atoms with Gasteiger partial charge in [-0.15, -0.1) is 11.3 Å². The molecule has 0 aliphatic heterocycles. The van der Waals surface area contributed by atoms with E-state index in [1.165, 1.54) is 11.3 Å². The molecule has 1 unspecified atom stereocenters. The molecule has 2 rings (SSSR count). The second-order valence-electron chi connectivity index (χ2n) is 4.01. The molecule has 2 aromatic rings. The molecule has 3 nitrogen and oxygen atoms in total. The van der Waals surface area contributed by atoms with Crippen LogP contribution in [0.25, 0.3) is 0 Å². The number of aliphatic hydroxyl groups excluding tert-OH is 1. The third kappa shape index (κ3) is 3.59. The molecule has 2 aromatic heterocycles. The van der Waals surface area contributed by atoms with Crippen LogP contribution in [0.5, 0.6) is 0 Å². The molecule has 1 atom stereocenters. The fourth-order valence-electron chi connectivity index (χ4n) is 1.65. The summed E-state index contributed by atoms with van der Waals surface area (Å²) in [5, 5.41) is 13.1. The summed E-state index contributed by atoms with van der Waals surface area (Å²) in [6.45, 7) is 3.16. The Labute approximate surface area is 115 Å². The molecule has 0 spiro atoms. The van der Waals surface area contributed by atoms with E-state index in [1.807, 2.05) is 18.2 Å². The van der Waals surface area contributed by atoms with Crippen LogP contribution in [-0.4, -0.2) is 11.7 Å². The summed E-state index contributed by atoms with van der Waals surface area (Å²) < 4.78 is 6.26. The van der Waals surface area contributed by atoms with Crippen molar-refractivity contribution in [1.82, 2.24) is 5.32 Å². The van der Waals surface area contributed by atoms with E-state index in [2.05, 4.69) is 12.2 Å². The van der Waals surface area contributed by atoms with Crippen LogP contribution < -0.4 is 5.32 Å². The smallest absolute Gasteiger partial charge is 0.117 e. The van der Waals surface area contributed by atoms with Gasteiger partial charge in [-0.05, 0) is 24.3 Å². The Hall–Kier alpha value is -0.810. The molecule has 0 aliphatic carbocycles. The van der Waals surface area contributed by atoms with E-state index < -0.39 is 6.10 Å². The average Bonchev–Trinajstić information content (AvgIpc) is 2.98. The lowest BCUT2D eigenvalue weighted by Gasteiger charge is -2.08. The zero-order chi connectivity index (χ0) is 13.0. The van der Waals surface area contributed by atoms with Crippen LogP contribution in [-0.2, 0) is 13.0 Å². The maximum atomic E-state index is 9.92. The number of thiophene rings is 1.